The van der Waals surface area contributed by atoms with Gasteiger partial charge in [0.1, 0.15) is 6.61 Å². The quantitative estimate of drug-likeness (QED) is 0.459. The van der Waals surface area contributed by atoms with E-state index in [2.05, 4.69) is 0 Å². The molecule has 1 aromatic rings. The maximum Gasteiger partial charge on any atom is 0.270 e. The molecule has 0 saturated carbocycles. The lowest BCUT2D eigenvalue weighted by Crippen LogP contribution is -1.90. The molecule has 1 radical (unpaired) electrons. The molecular formula is C8H8NO3S. The van der Waals surface area contributed by atoms with Crippen LogP contribution in [0.2, 0.25) is 0 Å². The molecule has 0 atom stereocenters. The molecule has 0 bridgehead atoms. The highest BCUT2D eigenvalue weighted by Gasteiger charge is 2.08. The topological polar surface area (TPSA) is 63.4 Å². The third-order valence-corrected chi connectivity index (χ3v) is 2.22. The number of aliphatic hydroxyl groups is 1. The molecule has 1 aromatic carbocycles. The molecule has 0 unspecified atom stereocenters. The van der Waals surface area contributed by atoms with Crippen LogP contribution in [0.5, 0.6) is 0 Å². The summed E-state index contributed by atoms with van der Waals surface area (Å²) < 4.78 is 0. The number of nitrogens with zero attached hydrogens (tertiary/aromatic N) is 1. The van der Waals surface area contributed by atoms with E-state index in [9.17, 15) is 10.1 Å². The molecule has 0 fully saturated rings. The van der Waals surface area contributed by atoms with Crippen molar-refractivity contribution >= 4 is 17.4 Å². The van der Waals surface area contributed by atoms with E-state index < -0.39 is 4.92 Å². The Morgan fingerprint density at radius 3 is 2.69 bits per heavy atom. The normalized spacial score (nSPS) is 10.0. The Labute approximate surface area is 79.7 Å². The highest BCUT2D eigenvalue weighted by Crippen LogP contribution is 2.23. The van der Waals surface area contributed by atoms with Crippen molar-refractivity contribution in [2.75, 3.05) is 6.26 Å². The molecule has 1 N–H and O–H groups in total. The molecule has 5 heteroatoms. The molecule has 0 aliphatic rings. The first-order valence-corrected chi connectivity index (χ1v) is 4.70. The van der Waals surface area contributed by atoms with Crippen LogP contribution >= 0.6 is 11.8 Å². The summed E-state index contributed by atoms with van der Waals surface area (Å²) in [6.45, 7) is 0.854. The maximum absolute atomic E-state index is 10.4. The van der Waals surface area contributed by atoms with E-state index >= 15 is 0 Å². The Balaban J connectivity index is 3.14. The molecule has 1 rings (SSSR count). The number of benzene rings is 1. The first-order chi connectivity index (χ1) is 6.17. The third-order valence-electron chi connectivity index (χ3n) is 1.51. The van der Waals surface area contributed by atoms with Crippen molar-refractivity contribution in [3.63, 3.8) is 0 Å². The summed E-state index contributed by atoms with van der Waals surface area (Å²) in [5.74, 6) is 0. The van der Waals surface area contributed by atoms with Crippen molar-refractivity contribution in [3.8, 4) is 0 Å². The van der Waals surface area contributed by atoms with E-state index in [0.717, 1.165) is 11.5 Å². The van der Waals surface area contributed by atoms with E-state index in [4.69, 9.17) is 5.11 Å². The Morgan fingerprint density at radius 1 is 1.54 bits per heavy atom. The molecule has 0 aromatic heterocycles. The third kappa shape index (κ3) is 2.43. The monoisotopic (exact) mass is 198 g/mol. The predicted octanol–water partition coefficient (Wildman–Crippen LogP) is 2.20. The van der Waals surface area contributed by atoms with Crippen LogP contribution in [0.4, 0.5) is 5.69 Å². The number of thioether (sulfide) groups is 1. The molecule has 4 nitrogen and oxygen atoms in total. The molecule has 0 aliphatic carbocycles. The zero-order valence-corrected chi connectivity index (χ0v) is 7.75. The number of rotatable bonds is 3. The summed E-state index contributed by atoms with van der Waals surface area (Å²) >= 11 is 1.39. The molecule has 0 heterocycles. The van der Waals surface area contributed by atoms with Gasteiger partial charge < -0.3 is 5.11 Å². The standard InChI is InChI=1S/C8H8NO3S/c1-13-8-3-6(5-10)2-7(4-8)9(11)12/h2-5,10H,1H3. The van der Waals surface area contributed by atoms with Crippen molar-refractivity contribution in [2.45, 2.75) is 4.90 Å². The van der Waals surface area contributed by atoms with Gasteiger partial charge in [-0.15, -0.1) is 11.8 Å². The van der Waals surface area contributed by atoms with Gasteiger partial charge in [-0.05, 0) is 17.9 Å². The van der Waals surface area contributed by atoms with E-state index in [1.165, 1.54) is 23.9 Å². The van der Waals surface area contributed by atoms with Crippen molar-refractivity contribution < 1.29 is 10.0 Å². The number of nitro groups is 1. The van der Waals surface area contributed by atoms with Gasteiger partial charge in [-0.1, -0.05) is 0 Å². The minimum Gasteiger partial charge on any atom is -0.385 e. The van der Waals surface area contributed by atoms with Crippen LogP contribution in [0, 0.1) is 16.7 Å². The van der Waals surface area contributed by atoms with Crippen LogP contribution in [0.3, 0.4) is 0 Å². The lowest BCUT2D eigenvalue weighted by atomic mass is 10.2. The van der Waals surface area contributed by atoms with E-state index in [-0.39, 0.29) is 5.69 Å². The summed E-state index contributed by atoms with van der Waals surface area (Å²) in [6.07, 6.45) is 1.82. The van der Waals surface area contributed by atoms with Crippen LogP contribution in [-0.2, 0) is 0 Å². The van der Waals surface area contributed by atoms with E-state index in [0.29, 0.717) is 5.56 Å². The van der Waals surface area contributed by atoms with Gasteiger partial charge >= 0.3 is 0 Å². The van der Waals surface area contributed by atoms with Crippen molar-refractivity contribution in [1.29, 1.82) is 0 Å². The number of hydrogen-bond acceptors (Lipinski definition) is 4. The Morgan fingerprint density at radius 2 is 2.23 bits per heavy atom. The SMILES string of the molecule is CSc1cc([CH]O)cc([N+](=O)[O-])c1. The van der Waals surface area contributed by atoms with Gasteiger partial charge in [-0.25, -0.2) is 0 Å². The second-order valence-electron chi connectivity index (χ2n) is 2.35. The van der Waals surface area contributed by atoms with E-state index in [1.54, 1.807) is 6.07 Å². The second-order valence-corrected chi connectivity index (χ2v) is 3.23. The maximum atomic E-state index is 10.4. The summed E-state index contributed by atoms with van der Waals surface area (Å²) in [5.41, 5.74) is 0.436. The highest BCUT2D eigenvalue weighted by atomic mass is 32.2. The van der Waals surface area contributed by atoms with Crippen LogP contribution in [0.1, 0.15) is 5.56 Å². The minimum atomic E-state index is -0.479. The van der Waals surface area contributed by atoms with Crippen molar-refractivity contribution in [1.82, 2.24) is 0 Å². The predicted molar refractivity (Wildman–Crippen MR) is 50.2 cm³/mol. The minimum absolute atomic E-state index is 0.00727. The number of nitro benzene ring substituents is 1. The van der Waals surface area contributed by atoms with Crippen LogP contribution < -0.4 is 0 Å². The second kappa shape index (κ2) is 4.25. The van der Waals surface area contributed by atoms with Crippen molar-refractivity contribution in [2.24, 2.45) is 0 Å². The Bertz CT molecular complexity index is 305. The van der Waals surface area contributed by atoms with Gasteiger partial charge in [0, 0.05) is 17.0 Å². The fourth-order valence-corrected chi connectivity index (χ4v) is 1.40. The smallest absolute Gasteiger partial charge is 0.270 e. The molecule has 69 valence electrons. The summed E-state index contributed by atoms with van der Waals surface area (Å²) in [7, 11) is 0. The van der Waals surface area contributed by atoms with Gasteiger partial charge in [0.15, 0.2) is 0 Å². The van der Waals surface area contributed by atoms with Gasteiger partial charge in [0.2, 0.25) is 0 Å². The molecule has 0 spiro atoms. The van der Waals surface area contributed by atoms with Gasteiger partial charge in [0.25, 0.3) is 5.69 Å². The molecule has 0 amide bonds. The number of non-ortho nitro benzene ring substituents is 1. The van der Waals surface area contributed by atoms with Crippen LogP contribution in [0.25, 0.3) is 0 Å². The van der Waals surface area contributed by atoms with Gasteiger partial charge in [-0.3, -0.25) is 10.1 Å². The molecule has 13 heavy (non-hydrogen) atoms. The molecular weight excluding hydrogens is 190 g/mol. The van der Waals surface area contributed by atoms with Crippen LogP contribution in [0.15, 0.2) is 23.1 Å². The fourth-order valence-electron chi connectivity index (χ4n) is 0.904. The largest absolute Gasteiger partial charge is 0.385 e. The number of hydrogen-bond donors (Lipinski definition) is 1. The highest BCUT2D eigenvalue weighted by molar-refractivity contribution is 7.98. The average molecular weight is 198 g/mol. The summed E-state index contributed by atoms with van der Waals surface area (Å²) in [4.78, 5) is 10.7. The Kier molecular flexibility index (Phi) is 3.27. The first-order valence-electron chi connectivity index (χ1n) is 3.48. The Hall–Kier alpha value is -1.07. The molecule has 0 aliphatic heterocycles. The van der Waals surface area contributed by atoms with Gasteiger partial charge in [-0.2, -0.15) is 0 Å². The summed E-state index contributed by atoms with van der Waals surface area (Å²) in [6, 6.07) is 4.47. The lowest BCUT2D eigenvalue weighted by molar-refractivity contribution is -0.385. The fraction of sp³-hybridized carbons (Fsp3) is 0.125. The summed E-state index contributed by atoms with van der Waals surface area (Å²) in [5, 5.41) is 19.1. The average Bonchev–Trinajstić information content (AvgIpc) is 2.16. The van der Waals surface area contributed by atoms with Crippen molar-refractivity contribution in [3.05, 3.63) is 40.5 Å². The van der Waals surface area contributed by atoms with E-state index in [1.807, 2.05) is 6.26 Å². The number of aliphatic hydroxyl groups excluding tert-OH is 1. The zero-order chi connectivity index (χ0) is 9.84. The first kappa shape index (κ1) is 10.0. The lowest BCUT2D eigenvalue weighted by Gasteiger charge is -1.99. The van der Waals surface area contributed by atoms with Crippen LogP contribution in [-0.4, -0.2) is 16.3 Å². The van der Waals surface area contributed by atoms with Gasteiger partial charge in [0.05, 0.1) is 4.92 Å². The zero-order valence-electron chi connectivity index (χ0n) is 6.93. The molecule has 0 saturated heterocycles.